The summed E-state index contributed by atoms with van der Waals surface area (Å²) in [6.07, 6.45) is -3.81. The molecule has 0 amide bonds. The van der Waals surface area contributed by atoms with Crippen LogP contribution in [-0.4, -0.2) is 41.4 Å². The number of carbonyl (C=O) groups is 1. The molecule has 7 nitrogen and oxygen atoms in total. The Kier molecular flexibility index (Phi) is 6.80. The van der Waals surface area contributed by atoms with Crippen LogP contribution in [0.15, 0.2) is 0 Å². The number of rotatable bonds is 6. The molecule has 33 heavy (non-hydrogen) atoms. The second kappa shape index (κ2) is 9.98. The van der Waals surface area contributed by atoms with E-state index in [1.54, 1.807) is 0 Å². The van der Waals surface area contributed by atoms with Gasteiger partial charge in [-0.1, -0.05) is 20.8 Å². The molecule has 4 fully saturated rings. The van der Waals surface area contributed by atoms with Gasteiger partial charge in [-0.2, -0.15) is 0 Å². The molecule has 2 N–H and O–H groups in total. The molecule has 0 heterocycles. The van der Waals surface area contributed by atoms with E-state index in [1.165, 1.54) is 0 Å². The zero-order chi connectivity index (χ0) is 27.1. The van der Waals surface area contributed by atoms with E-state index >= 15 is 0 Å². The van der Waals surface area contributed by atoms with Crippen LogP contribution >= 0.6 is 0 Å². The molecular formula is C24H39NaO7S. The van der Waals surface area contributed by atoms with Gasteiger partial charge in [0.15, 0.2) is 0 Å². The number of carboxylic acids is 1. The molecule has 0 aliphatic heterocycles. The maximum Gasteiger partial charge on any atom is 1.00 e. The van der Waals surface area contributed by atoms with Gasteiger partial charge in [0.1, 0.15) is 0 Å². The van der Waals surface area contributed by atoms with Crippen LogP contribution in [0.2, 0.25) is 0 Å². The average Bonchev–Trinajstić information content (AvgIpc) is 3.07. The molecule has 0 aromatic rings. The van der Waals surface area contributed by atoms with Gasteiger partial charge in [0, 0.05) is 11.9 Å². The number of fused-ring (bicyclic) bond motifs is 5. The van der Waals surface area contributed by atoms with Crippen LogP contribution in [0.4, 0.5) is 0 Å². The molecule has 4 aliphatic rings. The molecule has 0 saturated heterocycles. The molecule has 10 atom stereocenters. The van der Waals surface area contributed by atoms with Crippen LogP contribution in [0.3, 0.4) is 0 Å². The van der Waals surface area contributed by atoms with E-state index in [1.807, 2.05) is 6.92 Å². The van der Waals surface area contributed by atoms with Crippen LogP contribution in [0, 0.1) is 46.3 Å². The Hall–Kier alpha value is 0.300. The first-order chi connectivity index (χ1) is 16.3. The van der Waals surface area contributed by atoms with Crippen LogP contribution < -0.4 is 29.6 Å². The van der Waals surface area contributed by atoms with Crippen molar-refractivity contribution in [2.45, 2.75) is 97.1 Å². The summed E-state index contributed by atoms with van der Waals surface area (Å²) in [5.74, 6) is -1.27. The Morgan fingerprint density at radius 3 is 2.52 bits per heavy atom. The summed E-state index contributed by atoms with van der Waals surface area (Å²) >= 11 is 0. The van der Waals surface area contributed by atoms with E-state index in [0.717, 1.165) is 19.3 Å². The van der Waals surface area contributed by atoms with E-state index in [-0.39, 0.29) is 77.9 Å². The van der Waals surface area contributed by atoms with Gasteiger partial charge in [-0.3, -0.25) is 8.98 Å². The Balaban J connectivity index is 0.00000380. The average molecular weight is 499 g/mol. The predicted octanol–water partition coefficient (Wildman–Crippen LogP) is 0.966. The number of carboxylic acid groups (broad SMARTS) is 1. The topological polar surface area (TPSA) is 124 Å². The van der Waals surface area contributed by atoms with Gasteiger partial charge in [0.25, 0.3) is 0 Å². The summed E-state index contributed by atoms with van der Waals surface area (Å²) in [5.41, 5.74) is -0.935. The number of hydrogen-bond acceptors (Lipinski definition) is 6. The monoisotopic (exact) mass is 498 g/mol. The van der Waals surface area contributed by atoms with Crippen molar-refractivity contribution in [3.8, 4) is 0 Å². The standard InChI is InChI=1S/C24H40O7S.Na/c1-14(4-7-21(26)27)17-5-6-18-22-19(9-11-24(17,18)3)23(2)10-8-16(31-32(28,29)30)12-15(23)13-20(22)25;/h14-20,22,25H,4-13H2,1-3H3,(H,26,27)(H,28,29,30);/q;+1/p-1/t14-,15+,16-,17-,18+,19+,20-,22+,23+,24-;/m1./s1/i8D2,12D2;. The maximum atomic E-state index is 11.4. The largest absolute Gasteiger partial charge is 1.00 e. The maximum absolute atomic E-state index is 11.4. The SMILES string of the molecule is [2H]C1([2H])C[C@@]2(C)[C@H](C[C@@H](O)[C@@H]3[C@@H]2CC[C@]2(C)[C@@H]([C@H](C)CCC(=O)O)CC[C@@H]32)C([2H])([2H])[C@@H]1OS(=O)(=O)[O-].[Na+]. The summed E-state index contributed by atoms with van der Waals surface area (Å²) < 4.78 is 73.2. The molecule has 0 aromatic heterocycles. The fourth-order valence-corrected chi connectivity index (χ4v) is 8.56. The van der Waals surface area contributed by atoms with Crippen LogP contribution in [0.5, 0.6) is 0 Å². The number of aliphatic hydroxyl groups is 1. The van der Waals surface area contributed by atoms with Crippen molar-refractivity contribution in [2.75, 3.05) is 0 Å². The molecule has 0 radical (unpaired) electrons. The third-order valence-corrected chi connectivity index (χ3v) is 10.1. The Morgan fingerprint density at radius 1 is 1.21 bits per heavy atom. The predicted molar refractivity (Wildman–Crippen MR) is 117 cm³/mol. The molecule has 0 spiro atoms. The molecule has 9 heteroatoms. The molecule has 4 rings (SSSR count). The van der Waals surface area contributed by atoms with Crippen LogP contribution in [-0.2, 0) is 19.4 Å². The normalized spacial score (nSPS) is 50.6. The van der Waals surface area contributed by atoms with Crippen molar-refractivity contribution in [2.24, 2.45) is 46.3 Å². The van der Waals surface area contributed by atoms with Crippen molar-refractivity contribution >= 4 is 16.4 Å². The van der Waals surface area contributed by atoms with Crippen molar-refractivity contribution in [3.63, 3.8) is 0 Å². The zero-order valence-electron chi connectivity index (χ0n) is 24.1. The quantitative estimate of drug-likeness (QED) is 0.318. The van der Waals surface area contributed by atoms with Crippen LogP contribution in [0.25, 0.3) is 0 Å². The van der Waals surface area contributed by atoms with E-state index in [0.29, 0.717) is 18.8 Å². The molecule has 4 saturated carbocycles. The summed E-state index contributed by atoms with van der Waals surface area (Å²) in [6, 6.07) is 0. The zero-order valence-corrected chi connectivity index (χ0v) is 22.9. The van der Waals surface area contributed by atoms with E-state index in [9.17, 15) is 22.9 Å². The van der Waals surface area contributed by atoms with E-state index < -0.39 is 52.7 Å². The molecular weight excluding hydrogens is 455 g/mol. The minimum absolute atomic E-state index is 0. The third-order valence-electron chi connectivity index (χ3n) is 9.71. The molecule has 0 bridgehead atoms. The first-order valence-electron chi connectivity index (χ1n) is 13.9. The van der Waals surface area contributed by atoms with Crippen molar-refractivity contribution in [3.05, 3.63) is 0 Å². The van der Waals surface area contributed by atoms with Gasteiger partial charge < -0.3 is 14.8 Å². The van der Waals surface area contributed by atoms with Gasteiger partial charge in [-0.25, -0.2) is 8.42 Å². The minimum atomic E-state index is -5.33. The van der Waals surface area contributed by atoms with Crippen molar-refractivity contribution in [1.29, 1.82) is 0 Å². The van der Waals surface area contributed by atoms with E-state index in [4.69, 9.17) is 10.6 Å². The van der Waals surface area contributed by atoms with Crippen molar-refractivity contribution in [1.82, 2.24) is 0 Å². The fraction of sp³-hybridized carbons (Fsp3) is 0.958. The number of aliphatic hydroxyl groups excluding tert-OH is 1. The summed E-state index contributed by atoms with van der Waals surface area (Å²) in [5, 5.41) is 20.6. The van der Waals surface area contributed by atoms with Gasteiger partial charge >= 0.3 is 35.5 Å². The Bertz CT molecular complexity index is 998. The van der Waals surface area contributed by atoms with Crippen molar-refractivity contribution < 1.29 is 67.2 Å². The van der Waals surface area contributed by atoms with Crippen LogP contribution in [0.1, 0.15) is 90.4 Å². The molecule has 184 valence electrons. The van der Waals surface area contributed by atoms with Gasteiger partial charge in [0.05, 0.1) is 12.2 Å². The molecule has 0 aromatic carbocycles. The molecule has 4 aliphatic carbocycles. The smallest absolute Gasteiger partial charge is 0.726 e. The third kappa shape index (κ3) is 5.23. The number of hydrogen-bond donors (Lipinski definition) is 2. The Labute approximate surface area is 226 Å². The first kappa shape index (κ1) is 22.5. The second-order valence-corrected chi connectivity index (χ2v) is 12.2. The summed E-state index contributed by atoms with van der Waals surface area (Å²) in [6.45, 7) is 6.21. The number of aliphatic carboxylic acids is 1. The first-order valence-corrected chi connectivity index (χ1v) is 13.2. The van der Waals surface area contributed by atoms with Gasteiger partial charge in [-0.05, 0) is 104 Å². The fourth-order valence-electron chi connectivity index (χ4n) is 8.20. The van der Waals surface area contributed by atoms with E-state index in [2.05, 4.69) is 18.0 Å². The summed E-state index contributed by atoms with van der Waals surface area (Å²) in [7, 11) is -5.33. The molecule has 0 unspecified atom stereocenters. The Morgan fingerprint density at radius 2 is 1.88 bits per heavy atom. The summed E-state index contributed by atoms with van der Waals surface area (Å²) in [4.78, 5) is 11.1. The second-order valence-electron chi connectivity index (χ2n) is 11.2. The van der Waals surface area contributed by atoms with Gasteiger partial charge in [-0.15, -0.1) is 0 Å². The minimum Gasteiger partial charge on any atom is -0.726 e. The van der Waals surface area contributed by atoms with Gasteiger partial charge in [0.2, 0.25) is 10.4 Å².